The first-order valence-corrected chi connectivity index (χ1v) is 6.87. The first-order chi connectivity index (χ1) is 7.48. The maximum atomic E-state index is 9.37. The van der Waals surface area contributed by atoms with Gasteiger partial charge in [-0.15, -0.1) is 11.6 Å². The van der Waals surface area contributed by atoms with Gasteiger partial charge in [-0.05, 0) is 30.6 Å². The smallest absolute Gasteiger partial charge is 0.0908 e. The lowest BCUT2D eigenvalue weighted by Gasteiger charge is -2.41. The molecule has 1 fully saturated rings. The molecule has 1 saturated carbocycles. The number of aliphatic hydroxyl groups excluding tert-OH is 1. The van der Waals surface area contributed by atoms with E-state index in [-0.39, 0.29) is 5.88 Å². The van der Waals surface area contributed by atoms with Crippen molar-refractivity contribution in [1.82, 2.24) is 0 Å². The van der Waals surface area contributed by atoms with Crippen LogP contribution < -0.4 is 0 Å². The first kappa shape index (κ1) is 14.3. The molecule has 0 saturated heterocycles. The van der Waals surface area contributed by atoms with Crippen LogP contribution in [0.5, 0.6) is 0 Å². The zero-order valence-electron chi connectivity index (χ0n) is 10.7. The molecule has 0 heterocycles. The van der Waals surface area contributed by atoms with Crippen molar-refractivity contribution in [2.24, 2.45) is 11.3 Å². The van der Waals surface area contributed by atoms with Crippen molar-refractivity contribution in [1.29, 1.82) is 0 Å². The van der Waals surface area contributed by atoms with E-state index in [1.807, 2.05) is 0 Å². The van der Waals surface area contributed by atoms with Crippen molar-refractivity contribution >= 4 is 11.6 Å². The number of aliphatic hydroxyl groups is 1. The van der Waals surface area contributed by atoms with Crippen LogP contribution in [0.3, 0.4) is 0 Å². The minimum absolute atomic E-state index is 0.258. The molecule has 3 atom stereocenters. The molecule has 16 heavy (non-hydrogen) atoms. The van der Waals surface area contributed by atoms with Gasteiger partial charge in [-0.2, -0.15) is 0 Å². The Morgan fingerprint density at radius 3 is 2.75 bits per heavy atom. The molecule has 0 aromatic carbocycles. The van der Waals surface area contributed by atoms with Crippen LogP contribution in [0.4, 0.5) is 0 Å². The van der Waals surface area contributed by atoms with Crippen molar-refractivity contribution in [3.63, 3.8) is 0 Å². The summed E-state index contributed by atoms with van der Waals surface area (Å²) in [5.74, 6) is 0.950. The summed E-state index contributed by atoms with van der Waals surface area (Å²) in [6, 6.07) is 0. The molecule has 0 amide bonds. The molecule has 3 heteroatoms. The van der Waals surface area contributed by atoms with E-state index in [1.165, 1.54) is 12.8 Å². The molecule has 1 rings (SSSR count). The monoisotopic (exact) mass is 248 g/mol. The van der Waals surface area contributed by atoms with Crippen molar-refractivity contribution < 1.29 is 9.84 Å². The maximum Gasteiger partial charge on any atom is 0.0908 e. The highest BCUT2D eigenvalue weighted by atomic mass is 35.5. The molecule has 0 spiro atoms. The van der Waals surface area contributed by atoms with Gasteiger partial charge in [0.05, 0.1) is 24.7 Å². The standard InChI is InChI=1S/C13H25ClO2/c1-10(2)13(3)6-4-5-12(7-13)16-9-11(15)8-14/h10-12,15H,4-9H2,1-3H3/t11-,12?,13?/m1/s1. The quantitative estimate of drug-likeness (QED) is 0.758. The second kappa shape index (κ2) is 6.23. The zero-order valence-corrected chi connectivity index (χ0v) is 11.5. The molecule has 2 nitrogen and oxygen atoms in total. The Balaban J connectivity index is 2.39. The van der Waals surface area contributed by atoms with E-state index in [0.717, 1.165) is 12.8 Å². The van der Waals surface area contributed by atoms with E-state index in [1.54, 1.807) is 0 Å². The summed E-state index contributed by atoms with van der Waals surface area (Å²) < 4.78 is 5.75. The Kier molecular flexibility index (Phi) is 5.55. The molecule has 1 aliphatic rings. The third-order valence-corrected chi connectivity index (χ3v) is 4.42. The lowest BCUT2D eigenvalue weighted by atomic mass is 9.67. The molecular formula is C13H25ClO2. The summed E-state index contributed by atoms with van der Waals surface area (Å²) >= 11 is 5.55. The van der Waals surface area contributed by atoms with Gasteiger partial charge < -0.3 is 9.84 Å². The van der Waals surface area contributed by atoms with Gasteiger partial charge in [0.25, 0.3) is 0 Å². The van der Waals surface area contributed by atoms with Gasteiger partial charge in [-0.1, -0.05) is 27.2 Å². The van der Waals surface area contributed by atoms with Gasteiger partial charge in [0.15, 0.2) is 0 Å². The van der Waals surface area contributed by atoms with Crippen molar-refractivity contribution in [3.05, 3.63) is 0 Å². The van der Waals surface area contributed by atoms with Crippen LogP contribution in [-0.4, -0.2) is 29.8 Å². The fraction of sp³-hybridized carbons (Fsp3) is 1.00. The van der Waals surface area contributed by atoms with Gasteiger partial charge >= 0.3 is 0 Å². The second-order valence-corrected chi connectivity index (χ2v) is 5.98. The predicted octanol–water partition coefficient (Wildman–Crippen LogP) is 3.21. The second-order valence-electron chi connectivity index (χ2n) is 5.67. The summed E-state index contributed by atoms with van der Waals surface area (Å²) in [5.41, 5.74) is 0.398. The predicted molar refractivity (Wildman–Crippen MR) is 67.9 cm³/mol. The van der Waals surface area contributed by atoms with Crippen LogP contribution in [0.15, 0.2) is 0 Å². The van der Waals surface area contributed by atoms with Gasteiger partial charge in [0, 0.05) is 0 Å². The van der Waals surface area contributed by atoms with Crippen LogP contribution in [-0.2, 0) is 4.74 Å². The molecular weight excluding hydrogens is 224 g/mol. The lowest BCUT2D eigenvalue weighted by molar-refractivity contribution is -0.0520. The summed E-state index contributed by atoms with van der Waals surface area (Å²) in [6.07, 6.45) is 4.54. The van der Waals surface area contributed by atoms with Crippen molar-refractivity contribution in [2.45, 2.75) is 58.7 Å². The summed E-state index contributed by atoms with van der Waals surface area (Å²) in [6.45, 7) is 7.31. The van der Waals surface area contributed by atoms with Crippen LogP contribution in [0.2, 0.25) is 0 Å². The lowest BCUT2D eigenvalue weighted by Crippen LogP contribution is -2.35. The minimum atomic E-state index is -0.520. The normalized spacial score (nSPS) is 33.0. The number of halogens is 1. The third kappa shape index (κ3) is 3.90. The third-order valence-electron chi connectivity index (χ3n) is 4.06. The molecule has 0 radical (unpaired) electrons. The largest absolute Gasteiger partial charge is 0.389 e. The van der Waals surface area contributed by atoms with Gasteiger partial charge in [0.2, 0.25) is 0 Å². The van der Waals surface area contributed by atoms with E-state index in [2.05, 4.69) is 20.8 Å². The van der Waals surface area contributed by atoms with Crippen LogP contribution in [0.25, 0.3) is 0 Å². The Morgan fingerprint density at radius 1 is 1.50 bits per heavy atom. The molecule has 2 unspecified atom stereocenters. The van der Waals surface area contributed by atoms with Crippen LogP contribution in [0, 0.1) is 11.3 Å². The SMILES string of the molecule is CC(C)C1(C)CCCC(OC[C@H](O)CCl)C1. The van der Waals surface area contributed by atoms with E-state index in [4.69, 9.17) is 16.3 Å². The summed E-state index contributed by atoms with van der Waals surface area (Å²) in [4.78, 5) is 0. The molecule has 96 valence electrons. The highest BCUT2D eigenvalue weighted by Crippen LogP contribution is 2.42. The first-order valence-electron chi connectivity index (χ1n) is 6.33. The van der Waals surface area contributed by atoms with Gasteiger partial charge in [0.1, 0.15) is 0 Å². The van der Waals surface area contributed by atoms with Gasteiger partial charge in [-0.25, -0.2) is 0 Å². The fourth-order valence-corrected chi connectivity index (χ4v) is 2.51. The Hall–Kier alpha value is 0.210. The number of hydrogen-bond donors (Lipinski definition) is 1. The van der Waals surface area contributed by atoms with E-state index >= 15 is 0 Å². The summed E-state index contributed by atoms with van der Waals surface area (Å²) in [5, 5.41) is 9.37. The molecule has 1 N–H and O–H groups in total. The number of ether oxygens (including phenoxy) is 1. The van der Waals surface area contributed by atoms with Crippen LogP contribution >= 0.6 is 11.6 Å². The maximum absolute atomic E-state index is 9.37. The molecule has 1 aliphatic carbocycles. The average molecular weight is 249 g/mol. The number of alkyl halides is 1. The summed E-state index contributed by atoms with van der Waals surface area (Å²) in [7, 11) is 0. The molecule has 0 aromatic heterocycles. The van der Waals surface area contributed by atoms with Gasteiger partial charge in [-0.3, -0.25) is 0 Å². The zero-order chi connectivity index (χ0) is 12.2. The minimum Gasteiger partial charge on any atom is -0.389 e. The number of hydrogen-bond acceptors (Lipinski definition) is 2. The molecule has 0 aromatic rings. The van der Waals surface area contributed by atoms with Crippen molar-refractivity contribution in [3.8, 4) is 0 Å². The highest BCUT2D eigenvalue weighted by molar-refractivity contribution is 6.18. The Bertz CT molecular complexity index is 208. The van der Waals surface area contributed by atoms with Crippen molar-refractivity contribution in [2.75, 3.05) is 12.5 Å². The molecule has 0 bridgehead atoms. The highest BCUT2D eigenvalue weighted by Gasteiger charge is 2.35. The van der Waals surface area contributed by atoms with E-state index in [9.17, 15) is 5.11 Å². The molecule has 0 aliphatic heterocycles. The van der Waals surface area contributed by atoms with E-state index in [0.29, 0.717) is 24.0 Å². The number of rotatable bonds is 5. The topological polar surface area (TPSA) is 29.5 Å². The fourth-order valence-electron chi connectivity index (χ4n) is 2.42. The van der Waals surface area contributed by atoms with E-state index < -0.39 is 6.10 Å². The average Bonchev–Trinajstić information content (AvgIpc) is 2.26. The Morgan fingerprint density at radius 2 is 2.19 bits per heavy atom. The Labute approximate surface area is 104 Å². The van der Waals surface area contributed by atoms with Crippen LogP contribution in [0.1, 0.15) is 46.5 Å².